The van der Waals surface area contributed by atoms with Gasteiger partial charge in [0.1, 0.15) is 5.69 Å². The molecule has 4 rings (SSSR count). The first-order chi connectivity index (χ1) is 14.8. The zero-order chi connectivity index (χ0) is 20.8. The summed E-state index contributed by atoms with van der Waals surface area (Å²) in [6, 6.07) is 10.8. The molecule has 162 valence electrons. The van der Waals surface area contributed by atoms with Crippen LogP contribution in [-0.4, -0.2) is 60.2 Å². The minimum atomic E-state index is -0.524. The Kier molecular flexibility index (Phi) is 7.20. The van der Waals surface area contributed by atoms with E-state index in [4.69, 9.17) is 9.26 Å². The molecule has 1 N–H and O–H groups in total. The van der Waals surface area contributed by atoms with E-state index in [1.807, 2.05) is 18.2 Å². The summed E-state index contributed by atoms with van der Waals surface area (Å²) in [5.74, 6) is 0.900. The molecule has 1 aliphatic heterocycles. The molecule has 1 saturated carbocycles. The topological polar surface area (TPSA) is 62.0 Å². The van der Waals surface area contributed by atoms with Crippen molar-refractivity contribution in [3.63, 3.8) is 0 Å². The molecule has 2 heterocycles. The van der Waals surface area contributed by atoms with E-state index in [-0.39, 0.29) is 0 Å². The maximum absolute atomic E-state index is 10.5. The van der Waals surface area contributed by atoms with Gasteiger partial charge in [0.25, 0.3) is 0 Å². The molecule has 0 amide bonds. The molecule has 6 nitrogen and oxygen atoms in total. The third kappa shape index (κ3) is 5.31. The SMILES string of the molecule is C=CCOC[C@@H](O)CN(Cc1c(-c2ccccc2)noc1N1CCCCC1)C1CC1. The lowest BCUT2D eigenvalue weighted by atomic mass is 10.1. The molecule has 2 aliphatic rings. The van der Waals surface area contributed by atoms with E-state index < -0.39 is 6.10 Å². The molecule has 1 aromatic heterocycles. The van der Waals surface area contributed by atoms with Crippen LogP contribution in [-0.2, 0) is 11.3 Å². The number of nitrogens with zero attached hydrogens (tertiary/aromatic N) is 3. The number of anilines is 1. The smallest absolute Gasteiger partial charge is 0.232 e. The second-order valence-electron chi connectivity index (χ2n) is 8.37. The van der Waals surface area contributed by atoms with Gasteiger partial charge in [-0.05, 0) is 32.1 Å². The first-order valence-corrected chi connectivity index (χ1v) is 11.2. The van der Waals surface area contributed by atoms with E-state index in [0.717, 1.165) is 42.3 Å². The van der Waals surface area contributed by atoms with Crippen molar-refractivity contribution in [1.29, 1.82) is 0 Å². The van der Waals surface area contributed by atoms with Crippen molar-refractivity contribution in [2.75, 3.05) is 37.7 Å². The van der Waals surface area contributed by atoms with Crippen molar-refractivity contribution in [3.05, 3.63) is 48.6 Å². The molecule has 0 spiro atoms. The van der Waals surface area contributed by atoms with Crippen molar-refractivity contribution in [3.8, 4) is 11.3 Å². The molecule has 1 atom stereocenters. The maximum Gasteiger partial charge on any atom is 0.232 e. The van der Waals surface area contributed by atoms with Crippen LogP contribution in [0.25, 0.3) is 11.3 Å². The number of benzene rings is 1. The molecule has 0 radical (unpaired) electrons. The average Bonchev–Trinajstić information content (AvgIpc) is 3.55. The highest BCUT2D eigenvalue weighted by Gasteiger charge is 2.33. The van der Waals surface area contributed by atoms with Crippen LogP contribution in [0.4, 0.5) is 5.88 Å². The van der Waals surface area contributed by atoms with Crippen LogP contribution >= 0.6 is 0 Å². The van der Waals surface area contributed by atoms with Crippen LogP contribution < -0.4 is 4.90 Å². The van der Waals surface area contributed by atoms with E-state index in [1.165, 1.54) is 32.1 Å². The Hall–Kier alpha value is -2.15. The molecule has 1 aliphatic carbocycles. The van der Waals surface area contributed by atoms with Crippen LogP contribution in [0.1, 0.15) is 37.7 Å². The second-order valence-corrected chi connectivity index (χ2v) is 8.37. The molecule has 30 heavy (non-hydrogen) atoms. The van der Waals surface area contributed by atoms with E-state index in [9.17, 15) is 5.11 Å². The van der Waals surface area contributed by atoms with Crippen LogP contribution in [0.2, 0.25) is 0 Å². The van der Waals surface area contributed by atoms with Crippen molar-refractivity contribution in [2.45, 2.75) is 50.8 Å². The summed E-state index contributed by atoms with van der Waals surface area (Å²) in [6.45, 7) is 7.78. The van der Waals surface area contributed by atoms with Gasteiger partial charge in [0, 0.05) is 37.8 Å². The summed E-state index contributed by atoms with van der Waals surface area (Å²) in [4.78, 5) is 4.71. The summed E-state index contributed by atoms with van der Waals surface area (Å²) < 4.78 is 11.4. The lowest BCUT2D eigenvalue weighted by Crippen LogP contribution is -2.37. The monoisotopic (exact) mass is 411 g/mol. The molecular formula is C24H33N3O3. The normalized spacial score (nSPS) is 18.0. The van der Waals surface area contributed by atoms with Crippen molar-refractivity contribution in [1.82, 2.24) is 10.1 Å². The number of piperidine rings is 1. The number of aliphatic hydroxyl groups is 1. The van der Waals surface area contributed by atoms with Crippen molar-refractivity contribution < 1.29 is 14.4 Å². The summed E-state index contributed by atoms with van der Waals surface area (Å²) in [7, 11) is 0. The lowest BCUT2D eigenvalue weighted by Gasteiger charge is -2.29. The molecule has 0 bridgehead atoms. The first-order valence-electron chi connectivity index (χ1n) is 11.2. The van der Waals surface area contributed by atoms with Gasteiger partial charge in [-0.2, -0.15) is 0 Å². The minimum absolute atomic E-state index is 0.323. The van der Waals surface area contributed by atoms with Gasteiger partial charge in [0.05, 0.1) is 24.9 Å². The van der Waals surface area contributed by atoms with Gasteiger partial charge in [-0.1, -0.05) is 41.6 Å². The quantitative estimate of drug-likeness (QED) is 0.448. The third-order valence-corrected chi connectivity index (χ3v) is 5.87. The molecule has 2 fully saturated rings. The van der Waals surface area contributed by atoms with Gasteiger partial charge in [0.15, 0.2) is 0 Å². The highest BCUT2D eigenvalue weighted by atomic mass is 16.5. The number of rotatable bonds is 11. The summed E-state index contributed by atoms with van der Waals surface area (Å²) in [5, 5.41) is 15.0. The number of aromatic nitrogens is 1. The fraction of sp³-hybridized carbons (Fsp3) is 0.542. The molecule has 2 aromatic rings. The number of hydrogen-bond acceptors (Lipinski definition) is 6. The van der Waals surface area contributed by atoms with Gasteiger partial charge < -0.3 is 19.3 Å². The molecular weight excluding hydrogens is 378 g/mol. The molecule has 6 heteroatoms. The standard InChI is InChI=1S/C24H33N3O3/c1-2-15-29-18-21(28)16-27(20-11-12-20)17-22-23(19-9-5-3-6-10-19)25-30-24(22)26-13-7-4-8-14-26/h2-3,5-6,9-10,20-21,28H,1,4,7-8,11-18H2/t21-/m0/s1. The third-order valence-electron chi connectivity index (χ3n) is 5.87. The first kappa shape index (κ1) is 21.1. The fourth-order valence-corrected chi connectivity index (χ4v) is 4.21. The second kappa shape index (κ2) is 10.2. The Bertz CT molecular complexity index is 797. The highest BCUT2D eigenvalue weighted by Crippen LogP contribution is 2.36. The van der Waals surface area contributed by atoms with Gasteiger partial charge in [0.2, 0.25) is 5.88 Å². The number of hydrogen-bond donors (Lipinski definition) is 1. The van der Waals surface area contributed by atoms with E-state index >= 15 is 0 Å². The van der Waals surface area contributed by atoms with Gasteiger partial charge >= 0.3 is 0 Å². The predicted octanol–water partition coefficient (Wildman–Crippen LogP) is 3.86. The molecule has 1 saturated heterocycles. The number of aliphatic hydroxyl groups excluding tert-OH is 1. The fourth-order valence-electron chi connectivity index (χ4n) is 4.21. The Balaban J connectivity index is 1.56. The Labute approximate surface area is 179 Å². The summed E-state index contributed by atoms with van der Waals surface area (Å²) >= 11 is 0. The van der Waals surface area contributed by atoms with Gasteiger partial charge in [-0.15, -0.1) is 6.58 Å². The Morgan fingerprint density at radius 1 is 1.23 bits per heavy atom. The molecule has 1 aromatic carbocycles. The molecule has 0 unspecified atom stereocenters. The Morgan fingerprint density at radius 3 is 2.70 bits per heavy atom. The Morgan fingerprint density at radius 2 is 2.00 bits per heavy atom. The van der Waals surface area contributed by atoms with E-state index in [2.05, 4.69) is 33.7 Å². The zero-order valence-corrected chi connectivity index (χ0v) is 17.7. The van der Waals surface area contributed by atoms with Crippen LogP contribution in [0.5, 0.6) is 0 Å². The number of ether oxygens (including phenoxy) is 1. The van der Waals surface area contributed by atoms with Crippen LogP contribution in [0.3, 0.4) is 0 Å². The van der Waals surface area contributed by atoms with Crippen LogP contribution in [0.15, 0.2) is 47.5 Å². The predicted molar refractivity (Wildman–Crippen MR) is 118 cm³/mol. The van der Waals surface area contributed by atoms with Gasteiger partial charge in [-0.25, -0.2) is 0 Å². The van der Waals surface area contributed by atoms with Crippen molar-refractivity contribution >= 4 is 5.88 Å². The van der Waals surface area contributed by atoms with E-state index in [0.29, 0.717) is 25.8 Å². The van der Waals surface area contributed by atoms with Crippen LogP contribution in [0, 0.1) is 0 Å². The van der Waals surface area contributed by atoms with E-state index in [1.54, 1.807) is 6.08 Å². The van der Waals surface area contributed by atoms with Gasteiger partial charge in [-0.3, -0.25) is 4.90 Å². The maximum atomic E-state index is 10.5. The lowest BCUT2D eigenvalue weighted by molar-refractivity contribution is 0.0228. The average molecular weight is 412 g/mol. The minimum Gasteiger partial charge on any atom is -0.389 e. The summed E-state index contributed by atoms with van der Waals surface area (Å²) in [6.07, 6.45) is 7.18. The summed E-state index contributed by atoms with van der Waals surface area (Å²) in [5.41, 5.74) is 3.12. The largest absolute Gasteiger partial charge is 0.389 e. The van der Waals surface area contributed by atoms with Crippen molar-refractivity contribution in [2.24, 2.45) is 0 Å². The zero-order valence-electron chi connectivity index (χ0n) is 17.7. The highest BCUT2D eigenvalue weighted by molar-refractivity contribution is 5.68.